The van der Waals surface area contributed by atoms with Gasteiger partial charge in [-0.05, 0) is 31.5 Å². The van der Waals surface area contributed by atoms with Gasteiger partial charge in [0, 0.05) is 16.8 Å². The second kappa shape index (κ2) is 5.75. The van der Waals surface area contributed by atoms with E-state index in [0.29, 0.717) is 16.6 Å². The molecule has 0 heterocycles. The minimum Gasteiger partial charge on any atom is -0.465 e. The van der Waals surface area contributed by atoms with Crippen LogP contribution >= 0.6 is 11.6 Å². The monoisotopic (exact) mass is 241 g/mol. The Balaban J connectivity index is 3.02. The molecule has 0 spiro atoms. The molecule has 1 aromatic rings. The third-order valence-corrected chi connectivity index (χ3v) is 2.64. The Morgan fingerprint density at radius 2 is 2.25 bits per heavy atom. The summed E-state index contributed by atoms with van der Waals surface area (Å²) in [6, 6.07) is 5.45. The zero-order valence-electron chi connectivity index (χ0n) is 9.71. The molecule has 88 valence electrons. The van der Waals surface area contributed by atoms with Crippen LogP contribution in [0.4, 0.5) is 5.69 Å². The topological polar surface area (TPSA) is 38.3 Å². The number of methoxy groups -OCH3 is 1. The summed E-state index contributed by atoms with van der Waals surface area (Å²) in [6.07, 6.45) is 0.975. The minimum absolute atomic E-state index is 0.296. The lowest BCUT2D eigenvalue weighted by Crippen LogP contribution is -2.16. The van der Waals surface area contributed by atoms with Gasteiger partial charge in [0.05, 0.1) is 12.7 Å². The summed E-state index contributed by atoms with van der Waals surface area (Å²) in [5, 5.41) is 3.77. The molecule has 3 nitrogen and oxygen atoms in total. The second-order valence-corrected chi connectivity index (χ2v) is 4.07. The van der Waals surface area contributed by atoms with Crippen molar-refractivity contribution < 1.29 is 9.53 Å². The number of anilines is 1. The lowest BCUT2D eigenvalue weighted by molar-refractivity contribution is 0.0602. The number of esters is 1. The molecule has 1 rings (SSSR count). The molecule has 16 heavy (non-hydrogen) atoms. The summed E-state index contributed by atoms with van der Waals surface area (Å²) < 4.78 is 4.71. The van der Waals surface area contributed by atoms with Gasteiger partial charge in [-0.25, -0.2) is 4.79 Å². The first kappa shape index (κ1) is 12.8. The smallest absolute Gasteiger partial charge is 0.340 e. The van der Waals surface area contributed by atoms with E-state index in [2.05, 4.69) is 19.2 Å². The largest absolute Gasteiger partial charge is 0.465 e. The van der Waals surface area contributed by atoms with Crippen molar-refractivity contribution in [3.05, 3.63) is 28.8 Å². The van der Waals surface area contributed by atoms with E-state index in [1.165, 1.54) is 7.11 Å². The van der Waals surface area contributed by atoms with E-state index in [4.69, 9.17) is 16.3 Å². The van der Waals surface area contributed by atoms with Crippen molar-refractivity contribution in [2.24, 2.45) is 0 Å². The average Bonchev–Trinajstić information content (AvgIpc) is 2.30. The molecule has 0 aromatic heterocycles. The first-order valence-corrected chi connectivity index (χ1v) is 5.60. The van der Waals surface area contributed by atoms with Crippen LogP contribution in [0.15, 0.2) is 18.2 Å². The molecule has 1 aromatic carbocycles. The van der Waals surface area contributed by atoms with Crippen molar-refractivity contribution in [2.45, 2.75) is 26.3 Å². The van der Waals surface area contributed by atoms with Crippen molar-refractivity contribution in [3.8, 4) is 0 Å². The van der Waals surface area contributed by atoms with Gasteiger partial charge < -0.3 is 10.1 Å². The molecule has 1 N–H and O–H groups in total. The van der Waals surface area contributed by atoms with Crippen molar-refractivity contribution in [1.29, 1.82) is 0 Å². The zero-order valence-corrected chi connectivity index (χ0v) is 10.5. The van der Waals surface area contributed by atoms with Gasteiger partial charge >= 0.3 is 5.97 Å². The van der Waals surface area contributed by atoms with E-state index in [0.717, 1.165) is 12.1 Å². The Kier molecular flexibility index (Phi) is 4.62. The molecule has 1 unspecified atom stereocenters. The van der Waals surface area contributed by atoms with E-state index in [9.17, 15) is 4.79 Å². The number of nitrogens with one attached hydrogen (secondary N) is 1. The molecule has 0 saturated heterocycles. The first-order valence-electron chi connectivity index (χ1n) is 5.22. The maximum atomic E-state index is 11.5. The van der Waals surface area contributed by atoms with Crippen LogP contribution in [0.3, 0.4) is 0 Å². The van der Waals surface area contributed by atoms with Crippen LogP contribution in [-0.4, -0.2) is 19.1 Å². The van der Waals surface area contributed by atoms with Crippen LogP contribution in [-0.2, 0) is 4.74 Å². The number of hydrogen-bond donors (Lipinski definition) is 1. The van der Waals surface area contributed by atoms with Gasteiger partial charge in [-0.1, -0.05) is 18.5 Å². The third kappa shape index (κ3) is 3.14. The number of rotatable bonds is 4. The molecular formula is C12H16ClNO2. The van der Waals surface area contributed by atoms with Crippen molar-refractivity contribution in [3.63, 3.8) is 0 Å². The van der Waals surface area contributed by atoms with Gasteiger partial charge in [-0.15, -0.1) is 0 Å². The highest BCUT2D eigenvalue weighted by molar-refractivity contribution is 6.31. The van der Waals surface area contributed by atoms with E-state index >= 15 is 0 Å². The Labute approximate surface area is 101 Å². The predicted octanol–water partition coefficient (Wildman–Crippen LogP) is 3.34. The fourth-order valence-corrected chi connectivity index (χ4v) is 1.46. The maximum Gasteiger partial charge on any atom is 0.340 e. The Hall–Kier alpha value is -1.22. The van der Waals surface area contributed by atoms with Crippen LogP contribution in [0.5, 0.6) is 0 Å². The molecule has 0 amide bonds. The zero-order chi connectivity index (χ0) is 12.1. The molecule has 0 fully saturated rings. The minimum atomic E-state index is -0.381. The number of carbonyl (C=O) groups is 1. The Bertz CT molecular complexity index is 379. The maximum absolute atomic E-state index is 11.5. The molecule has 0 radical (unpaired) electrons. The standard InChI is InChI=1S/C12H16ClNO2/c1-4-8(2)14-11-6-5-9(13)7-10(11)12(15)16-3/h5-8,14H,4H2,1-3H3. The lowest BCUT2D eigenvalue weighted by Gasteiger charge is -2.15. The number of carbonyl (C=O) groups excluding carboxylic acids is 1. The molecule has 0 aliphatic carbocycles. The summed E-state index contributed by atoms with van der Waals surface area (Å²) in [4.78, 5) is 11.5. The van der Waals surface area contributed by atoms with Crippen LogP contribution in [0.25, 0.3) is 0 Å². The van der Waals surface area contributed by atoms with Gasteiger partial charge in [0.25, 0.3) is 0 Å². The van der Waals surface area contributed by atoms with E-state index in [1.54, 1.807) is 18.2 Å². The van der Waals surface area contributed by atoms with Gasteiger partial charge in [0.15, 0.2) is 0 Å². The molecule has 0 saturated carbocycles. The Morgan fingerprint density at radius 3 is 2.81 bits per heavy atom. The van der Waals surface area contributed by atoms with Gasteiger partial charge in [-0.2, -0.15) is 0 Å². The predicted molar refractivity (Wildman–Crippen MR) is 66.2 cm³/mol. The van der Waals surface area contributed by atoms with Crippen molar-refractivity contribution in [2.75, 3.05) is 12.4 Å². The molecule has 0 bridgehead atoms. The quantitative estimate of drug-likeness (QED) is 0.822. The molecule has 4 heteroatoms. The van der Waals surface area contributed by atoms with Crippen molar-refractivity contribution >= 4 is 23.3 Å². The molecular weight excluding hydrogens is 226 g/mol. The van der Waals surface area contributed by atoms with Crippen molar-refractivity contribution in [1.82, 2.24) is 0 Å². The normalized spacial score (nSPS) is 12.0. The van der Waals surface area contributed by atoms with E-state index < -0.39 is 0 Å². The van der Waals surface area contributed by atoms with Crippen LogP contribution in [0, 0.1) is 0 Å². The van der Waals surface area contributed by atoms with Crippen LogP contribution in [0.2, 0.25) is 5.02 Å². The lowest BCUT2D eigenvalue weighted by atomic mass is 10.1. The highest BCUT2D eigenvalue weighted by atomic mass is 35.5. The summed E-state index contributed by atoms with van der Waals surface area (Å²) >= 11 is 5.85. The van der Waals surface area contributed by atoms with Gasteiger partial charge in [0.2, 0.25) is 0 Å². The summed E-state index contributed by atoms with van der Waals surface area (Å²) in [6.45, 7) is 4.13. The first-order chi connectivity index (χ1) is 7.58. The molecule has 0 aliphatic rings. The highest BCUT2D eigenvalue weighted by Gasteiger charge is 2.13. The molecule has 1 atom stereocenters. The average molecular weight is 242 g/mol. The summed E-state index contributed by atoms with van der Waals surface area (Å²) in [7, 11) is 1.36. The molecule has 0 aliphatic heterocycles. The third-order valence-electron chi connectivity index (χ3n) is 2.40. The number of ether oxygens (including phenoxy) is 1. The van der Waals surface area contributed by atoms with Crippen LogP contribution < -0.4 is 5.32 Å². The summed E-state index contributed by atoms with van der Waals surface area (Å²) in [5.74, 6) is -0.381. The number of halogens is 1. The fourth-order valence-electron chi connectivity index (χ4n) is 1.29. The van der Waals surface area contributed by atoms with Gasteiger partial charge in [0.1, 0.15) is 0 Å². The summed E-state index contributed by atoms with van der Waals surface area (Å²) in [5.41, 5.74) is 1.22. The number of benzene rings is 1. The second-order valence-electron chi connectivity index (χ2n) is 3.64. The highest BCUT2D eigenvalue weighted by Crippen LogP contribution is 2.22. The van der Waals surface area contributed by atoms with Crippen LogP contribution in [0.1, 0.15) is 30.6 Å². The number of hydrogen-bond acceptors (Lipinski definition) is 3. The Morgan fingerprint density at radius 1 is 1.56 bits per heavy atom. The fraction of sp³-hybridized carbons (Fsp3) is 0.417. The SMILES string of the molecule is CCC(C)Nc1ccc(Cl)cc1C(=O)OC. The van der Waals surface area contributed by atoms with E-state index in [1.807, 2.05) is 0 Å². The van der Waals surface area contributed by atoms with E-state index in [-0.39, 0.29) is 5.97 Å². The van der Waals surface area contributed by atoms with Gasteiger partial charge in [-0.3, -0.25) is 0 Å².